The summed E-state index contributed by atoms with van der Waals surface area (Å²) in [4.78, 5) is 15.7. The largest absolute Gasteiger partial charge is 0.416 e. The van der Waals surface area contributed by atoms with Crippen LogP contribution in [0.5, 0.6) is 0 Å². The Hall–Kier alpha value is -1.83. The normalized spacial score (nSPS) is 21.0. The Bertz CT molecular complexity index is 558. The molecular formula is C17H24F3N3O2. The number of alkyl halides is 3. The standard InChI is InChI=1S/C17H24F3N3O2/c18-17(19,20)12-8-10-22-15(11-12)21-9-2-1-3-16(25)23-13-4-6-14(24)7-5-13/h8,10-11,13-14,24H,1-7,9H2,(H,21,22)(H,23,25). The number of nitrogens with zero attached hydrogens (tertiary/aromatic N) is 1. The van der Waals surface area contributed by atoms with E-state index in [2.05, 4.69) is 15.6 Å². The zero-order valence-electron chi connectivity index (χ0n) is 14.0. The molecule has 0 radical (unpaired) electrons. The zero-order chi connectivity index (χ0) is 18.3. The summed E-state index contributed by atoms with van der Waals surface area (Å²) in [5.41, 5.74) is -0.734. The molecule has 0 bridgehead atoms. The van der Waals surface area contributed by atoms with Crippen molar-refractivity contribution < 1.29 is 23.1 Å². The summed E-state index contributed by atoms with van der Waals surface area (Å²) in [5, 5.41) is 15.2. The predicted molar refractivity (Wildman–Crippen MR) is 88.0 cm³/mol. The molecule has 1 aromatic rings. The molecular weight excluding hydrogens is 335 g/mol. The van der Waals surface area contributed by atoms with E-state index in [0.717, 1.165) is 44.0 Å². The minimum Gasteiger partial charge on any atom is -0.393 e. The first-order valence-corrected chi connectivity index (χ1v) is 8.59. The van der Waals surface area contributed by atoms with E-state index in [-0.39, 0.29) is 23.9 Å². The Morgan fingerprint density at radius 3 is 2.64 bits per heavy atom. The van der Waals surface area contributed by atoms with E-state index < -0.39 is 11.7 Å². The summed E-state index contributed by atoms with van der Waals surface area (Å²) in [7, 11) is 0. The number of halogens is 3. The third kappa shape index (κ3) is 6.89. The molecule has 1 aromatic heterocycles. The molecule has 1 saturated carbocycles. The van der Waals surface area contributed by atoms with Gasteiger partial charge in [0, 0.05) is 25.2 Å². The van der Waals surface area contributed by atoms with Crippen LogP contribution in [0, 0.1) is 0 Å². The number of aliphatic hydroxyl groups excluding tert-OH is 1. The highest BCUT2D eigenvalue weighted by molar-refractivity contribution is 5.76. The first-order valence-electron chi connectivity index (χ1n) is 8.59. The second kappa shape index (κ2) is 9.03. The van der Waals surface area contributed by atoms with E-state index in [0.29, 0.717) is 25.8 Å². The third-order valence-corrected chi connectivity index (χ3v) is 4.29. The number of anilines is 1. The van der Waals surface area contributed by atoms with E-state index in [1.807, 2.05) is 0 Å². The molecule has 1 heterocycles. The van der Waals surface area contributed by atoms with Crippen molar-refractivity contribution in [2.75, 3.05) is 11.9 Å². The lowest BCUT2D eigenvalue weighted by Gasteiger charge is -2.26. The van der Waals surface area contributed by atoms with Gasteiger partial charge in [-0.1, -0.05) is 0 Å². The maximum Gasteiger partial charge on any atom is 0.416 e. The number of nitrogens with one attached hydrogen (secondary N) is 2. The SMILES string of the molecule is O=C(CCCCNc1cc(C(F)(F)F)ccn1)NC1CCC(O)CC1. The summed E-state index contributed by atoms with van der Waals surface area (Å²) >= 11 is 0. The van der Waals surface area contributed by atoms with E-state index in [1.54, 1.807) is 0 Å². The number of hydrogen-bond donors (Lipinski definition) is 3. The quantitative estimate of drug-likeness (QED) is 0.654. The van der Waals surface area contributed by atoms with Gasteiger partial charge in [0.2, 0.25) is 5.91 Å². The van der Waals surface area contributed by atoms with Crippen LogP contribution in [0.15, 0.2) is 18.3 Å². The summed E-state index contributed by atoms with van der Waals surface area (Å²) in [5.74, 6) is 0.165. The number of amides is 1. The third-order valence-electron chi connectivity index (χ3n) is 4.29. The lowest BCUT2D eigenvalue weighted by atomic mass is 9.93. The molecule has 0 saturated heterocycles. The number of carbonyl (C=O) groups excluding carboxylic acids is 1. The van der Waals surface area contributed by atoms with Crippen LogP contribution in [0.1, 0.15) is 50.5 Å². The summed E-state index contributed by atoms with van der Waals surface area (Å²) in [6, 6.07) is 2.05. The molecule has 140 valence electrons. The minimum absolute atomic E-state index is 0.0152. The van der Waals surface area contributed by atoms with Crippen LogP contribution >= 0.6 is 0 Å². The summed E-state index contributed by atoms with van der Waals surface area (Å²) < 4.78 is 37.8. The lowest BCUT2D eigenvalue weighted by molar-refractivity contribution is -0.137. The number of carbonyl (C=O) groups is 1. The van der Waals surface area contributed by atoms with Gasteiger partial charge in [0.25, 0.3) is 0 Å². The fourth-order valence-electron chi connectivity index (χ4n) is 2.85. The molecule has 0 spiro atoms. The molecule has 8 heteroatoms. The van der Waals surface area contributed by atoms with Gasteiger partial charge in [0.1, 0.15) is 5.82 Å². The monoisotopic (exact) mass is 359 g/mol. The minimum atomic E-state index is -4.38. The van der Waals surface area contributed by atoms with E-state index >= 15 is 0 Å². The number of rotatable bonds is 7. The summed E-state index contributed by atoms with van der Waals surface area (Å²) in [6.45, 7) is 0.456. The van der Waals surface area contributed by atoms with Gasteiger partial charge in [-0.25, -0.2) is 4.98 Å². The first-order chi connectivity index (χ1) is 11.8. The number of aromatic nitrogens is 1. The highest BCUT2D eigenvalue weighted by Gasteiger charge is 2.30. The predicted octanol–water partition coefficient (Wildman–Crippen LogP) is 3.10. The van der Waals surface area contributed by atoms with E-state index in [1.165, 1.54) is 0 Å². The van der Waals surface area contributed by atoms with Gasteiger partial charge in [0.15, 0.2) is 0 Å². The lowest BCUT2D eigenvalue weighted by Crippen LogP contribution is -2.38. The Morgan fingerprint density at radius 1 is 1.24 bits per heavy atom. The molecule has 2 rings (SSSR count). The van der Waals surface area contributed by atoms with Crippen LogP contribution in [0.25, 0.3) is 0 Å². The number of hydrogen-bond acceptors (Lipinski definition) is 4. The van der Waals surface area contributed by atoms with Crippen LogP contribution in [0.2, 0.25) is 0 Å². The van der Waals surface area contributed by atoms with Gasteiger partial charge in [-0.15, -0.1) is 0 Å². The Balaban J connectivity index is 1.61. The molecule has 3 N–H and O–H groups in total. The fraction of sp³-hybridized carbons (Fsp3) is 0.647. The highest BCUT2D eigenvalue weighted by atomic mass is 19.4. The average molecular weight is 359 g/mol. The van der Waals surface area contributed by atoms with Crippen molar-refractivity contribution in [3.05, 3.63) is 23.9 Å². The molecule has 5 nitrogen and oxygen atoms in total. The number of unbranched alkanes of at least 4 members (excludes halogenated alkanes) is 1. The Labute approximate surface area is 145 Å². The molecule has 0 aromatic carbocycles. The summed E-state index contributed by atoms with van der Waals surface area (Å²) in [6.07, 6.45) is 1.23. The zero-order valence-corrected chi connectivity index (χ0v) is 14.0. The molecule has 1 amide bonds. The van der Waals surface area contributed by atoms with Gasteiger partial charge in [-0.2, -0.15) is 13.2 Å². The molecule has 1 fully saturated rings. The van der Waals surface area contributed by atoms with Crippen LogP contribution in [0.3, 0.4) is 0 Å². The average Bonchev–Trinajstić information content (AvgIpc) is 2.56. The maximum atomic E-state index is 12.6. The van der Waals surface area contributed by atoms with Crippen molar-refractivity contribution >= 4 is 11.7 Å². The molecule has 1 aliphatic carbocycles. The van der Waals surface area contributed by atoms with Gasteiger partial charge in [-0.05, 0) is 50.7 Å². The molecule has 0 aliphatic heterocycles. The van der Waals surface area contributed by atoms with E-state index in [9.17, 15) is 23.1 Å². The van der Waals surface area contributed by atoms with Crippen molar-refractivity contribution in [2.24, 2.45) is 0 Å². The van der Waals surface area contributed by atoms with Crippen molar-refractivity contribution in [3.63, 3.8) is 0 Å². The van der Waals surface area contributed by atoms with Crippen molar-refractivity contribution in [1.82, 2.24) is 10.3 Å². The van der Waals surface area contributed by atoms with Crippen molar-refractivity contribution in [1.29, 1.82) is 0 Å². The number of aliphatic hydroxyl groups is 1. The fourth-order valence-corrected chi connectivity index (χ4v) is 2.85. The maximum absolute atomic E-state index is 12.6. The van der Waals surface area contributed by atoms with E-state index in [4.69, 9.17) is 0 Å². The van der Waals surface area contributed by atoms with Gasteiger partial charge < -0.3 is 15.7 Å². The van der Waals surface area contributed by atoms with Crippen molar-refractivity contribution in [2.45, 2.75) is 63.3 Å². The highest BCUT2D eigenvalue weighted by Crippen LogP contribution is 2.29. The topological polar surface area (TPSA) is 74.2 Å². The van der Waals surface area contributed by atoms with Gasteiger partial charge in [0.05, 0.1) is 11.7 Å². The second-order valence-electron chi connectivity index (χ2n) is 6.38. The Kier molecular flexibility index (Phi) is 7.04. The molecule has 25 heavy (non-hydrogen) atoms. The van der Waals surface area contributed by atoms with Crippen LogP contribution in [-0.2, 0) is 11.0 Å². The smallest absolute Gasteiger partial charge is 0.393 e. The molecule has 0 unspecified atom stereocenters. The van der Waals surface area contributed by atoms with Crippen LogP contribution in [0.4, 0.5) is 19.0 Å². The second-order valence-corrected chi connectivity index (χ2v) is 6.38. The Morgan fingerprint density at radius 2 is 1.96 bits per heavy atom. The van der Waals surface area contributed by atoms with Crippen LogP contribution < -0.4 is 10.6 Å². The van der Waals surface area contributed by atoms with Crippen molar-refractivity contribution in [3.8, 4) is 0 Å². The van der Waals surface area contributed by atoms with Gasteiger partial charge >= 0.3 is 6.18 Å². The number of pyridine rings is 1. The molecule has 1 aliphatic rings. The van der Waals surface area contributed by atoms with Gasteiger partial charge in [-0.3, -0.25) is 4.79 Å². The van der Waals surface area contributed by atoms with Crippen LogP contribution in [-0.4, -0.2) is 34.7 Å². The first kappa shape index (κ1) is 19.5. The molecule has 0 atom stereocenters.